The number of nitrogens with zero attached hydrogens (tertiary/aromatic N) is 3. The maximum Gasteiger partial charge on any atom is 0.341 e. The van der Waals surface area contributed by atoms with E-state index in [9.17, 15) is 9.59 Å². The average molecular weight is 528 g/mol. The van der Waals surface area contributed by atoms with Gasteiger partial charge in [0, 0.05) is 36.0 Å². The Kier molecular flexibility index (Phi) is 7.87. The molecule has 2 heterocycles. The van der Waals surface area contributed by atoms with E-state index < -0.39 is 5.97 Å². The molecule has 2 aliphatic rings. The number of esters is 1. The normalized spacial score (nSPS) is 19.6. The summed E-state index contributed by atoms with van der Waals surface area (Å²) in [5.74, 6) is 0.898. The van der Waals surface area contributed by atoms with Crippen LogP contribution in [0.2, 0.25) is 0 Å². The van der Waals surface area contributed by atoms with Crippen LogP contribution in [-0.2, 0) is 14.3 Å². The number of benzene rings is 2. The summed E-state index contributed by atoms with van der Waals surface area (Å²) in [6, 6.07) is 15.5. The van der Waals surface area contributed by atoms with E-state index in [0.717, 1.165) is 48.0 Å². The number of carbonyl (C=O) groups is 2. The van der Waals surface area contributed by atoms with Gasteiger partial charge in [-0.05, 0) is 94.8 Å². The third-order valence-corrected chi connectivity index (χ3v) is 7.66. The van der Waals surface area contributed by atoms with Gasteiger partial charge in [0.15, 0.2) is 5.58 Å². The highest BCUT2D eigenvalue weighted by atomic mass is 16.5. The fourth-order valence-corrected chi connectivity index (χ4v) is 5.49. The molecule has 5 rings (SSSR count). The molecule has 1 aliphatic carbocycles. The number of rotatable bonds is 7. The smallest absolute Gasteiger partial charge is 0.341 e. The second-order valence-corrected chi connectivity index (χ2v) is 10.8. The molecule has 3 aromatic rings. The highest BCUT2D eigenvalue weighted by Crippen LogP contribution is 2.34. The van der Waals surface area contributed by atoms with Crippen molar-refractivity contribution in [3.05, 3.63) is 72.1 Å². The molecule has 0 spiro atoms. The van der Waals surface area contributed by atoms with Crippen molar-refractivity contribution in [1.29, 1.82) is 0 Å². The molecule has 7 nitrogen and oxygen atoms in total. The van der Waals surface area contributed by atoms with Crippen molar-refractivity contribution in [3.8, 4) is 11.5 Å². The van der Waals surface area contributed by atoms with Gasteiger partial charge in [0.25, 0.3) is 0 Å². The zero-order valence-corrected chi connectivity index (χ0v) is 23.2. The fourth-order valence-electron chi connectivity index (χ4n) is 5.49. The van der Waals surface area contributed by atoms with Crippen molar-refractivity contribution in [3.63, 3.8) is 0 Å². The minimum atomic E-state index is -0.424. The van der Waals surface area contributed by atoms with Gasteiger partial charge in [0.05, 0.1) is 17.9 Å². The number of para-hydroxylation sites is 2. The minimum Gasteiger partial charge on any atom is -0.462 e. The van der Waals surface area contributed by atoms with E-state index >= 15 is 0 Å². The molecule has 0 radical (unpaired) electrons. The monoisotopic (exact) mass is 527 g/mol. The lowest BCUT2D eigenvalue weighted by atomic mass is 9.82. The van der Waals surface area contributed by atoms with Crippen molar-refractivity contribution in [2.24, 2.45) is 11.8 Å². The van der Waals surface area contributed by atoms with Crippen LogP contribution in [-0.4, -0.2) is 41.0 Å². The van der Waals surface area contributed by atoms with Crippen molar-refractivity contribution in [2.45, 2.75) is 59.4 Å². The van der Waals surface area contributed by atoms with E-state index in [1.807, 2.05) is 84.5 Å². The van der Waals surface area contributed by atoms with E-state index in [1.165, 1.54) is 0 Å². The number of hydrogen-bond acceptors (Lipinski definition) is 6. The first-order valence-corrected chi connectivity index (χ1v) is 14.0. The van der Waals surface area contributed by atoms with Crippen molar-refractivity contribution >= 4 is 28.7 Å². The third kappa shape index (κ3) is 5.63. The van der Waals surface area contributed by atoms with E-state index in [-0.39, 0.29) is 24.5 Å². The molecule has 0 saturated heterocycles. The van der Waals surface area contributed by atoms with Crippen LogP contribution in [0.4, 0.5) is 5.69 Å². The summed E-state index contributed by atoms with van der Waals surface area (Å²) in [7, 11) is 0. The van der Waals surface area contributed by atoms with Crippen LogP contribution in [0, 0.1) is 11.8 Å². The second-order valence-electron chi connectivity index (χ2n) is 10.8. The van der Waals surface area contributed by atoms with Gasteiger partial charge in [-0.1, -0.05) is 19.1 Å². The largest absolute Gasteiger partial charge is 0.462 e. The first kappa shape index (κ1) is 26.7. The van der Waals surface area contributed by atoms with Crippen LogP contribution in [0.15, 0.2) is 76.5 Å². The van der Waals surface area contributed by atoms with Crippen LogP contribution in [0.3, 0.4) is 0 Å². The van der Waals surface area contributed by atoms with Gasteiger partial charge in [-0.2, -0.15) is 0 Å². The molecule has 204 valence electrons. The molecular formula is C32H37N3O4. The van der Waals surface area contributed by atoms with E-state index in [4.69, 9.17) is 9.15 Å². The topological polar surface area (TPSA) is 75.9 Å². The number of aromatic nitrogens is 1. The fraction of sp³-hybridized carbons (Fsp3) is 0.406. The van der Waals surface area contributed by atoms with Gasteiger partial charge < -0.3 is 19.0 Å². The summed E-state index contributed by atoms with van der Waals surface area (Å²) in [5, 5.41) is 0. The molecule has 0 bridgehead atoms. The Labute approximate surface area is 230 Å². The van der Waals surface area contributed by atoms with E-state index in [2.05, 4.69) is 11.9 Å². The highest BCUT2D eigenvalue weighted by molar-refractivity contribution is 5.96. The number of anilines is 1. The average Bonchev–Trinajstić information content (AvgIpc) is 3.38. The number of amides is 1. The van der Waals surface area contributed by atoms with Crippen molar-refractivity contribution in [1.82, 2.24) is 9.88 Å². The lowest BCUT2D eigenvalue weighted by Crippen LogP contribution is -2.44. The first-order chi connectivity index (χ1) is 18.9. The first-order valence-electron chi connectivity index (χ1n) is 14.0. The zero-order valence-electron chi connectivity index (χ0n) is 23.2. The van der Waals surface area contributed by atoms with Crippen LogP contribution < -0.4 is 4.90 Å². The number of carbonyl (C=O) groups excluding carboxylic acids is 2. The number of hydrogen-bond donors (Lipinski definition) is 0. The van der Waals surface area contributed by atoms with Crippen molar-refractivity contribution in [2.75, 3.05) is 18.1 Å². The summed E-state index contributed by atoms with van der Waals surface area (Å²) in [6.45, 7) is 8.84. The predicted octanol–water partition coefficient (Wildman–Crippen LogP) is 6.71. The Balaban J connectivity index is 1.41. The molecule has 0 atom stereocenters. The molecular weight excluding hydrogens is 490 g/mol. The number of oxazole rings is 1. The second kappa shape index (κ2) is 11.5. The SMILES string of the molecule is CCOC(=O)C1=CN(c2ccc(-c3nc4ccccc4o3)cc2)CC=C1N(C(=O)C1CCC(C)CC1)C(C)C. The van der Waals surface area contributed by atoms with Crippen molar-refractivity contribution < 1.29 is 18.7 Å². The summed E-state index contributed by atoms with van der Waals surface area (Å²) in [4.78, 5) is 35.3. The Morgan fingerprint density at radius 1 is 1.08 bits per heavy atom. The Bertz CT molecular complexity index is 1360. The Morgan fingerprint density at radius 3 is 2.46 bits per heavy atom. The maximum absolute atomic E-state index is 13.7. The number of ether oxygens (including phenoxy) is 1. The van der Waals surface area contributed by atoms with Gasteiger partial charge in [-0.3, -0.25) is 4.79 Å². The predicted molar refractivity (Wildman–Crippen MR) is 153 cm³/mol. The summed E-state index contributed by atoms with van der Waals surface area (Å²) >= 11 is 0. The molecule has 7 heteroatoms. The Morgan fingerprint density at radius 2 is 1.79 bits per heavy atom. The molecule has 1 fully saturated rings. The molecule has 0 N–H and O–H groups in total. The van der Waals surface area contributed by atoms with Crippen LogP contribution in [0.1, 0.15) is 53.4 Å². The Hall–Kier alpha value is -3.87. The molecule has 1 amide bonds. The van der Waals surface area contributed by atoms with Gasteiger partial charge >= 0.3 is 5.97 Å². The third-order valence-electron chi connectivity index (χ3n) is 7.66. The standard InChI is InChI=1S/C32H37N3O4/c1-5-38-32(37)26-20-34(19-18-28(26)35(21(2)3)31(36)24-12-10-22(4)11-13-24)25-16-14-23(15-17-25)30-33-27-8-6-7-9-29(27)39-30/h6-9,14-18,20-22,24H,5,10-13,19H2,1-4H3. The summed E-state index contributed by atoms with van der Waals surface area (Å²) in [6.07, 6.45) is 7.71. The van der Waals surface area contributed by atoms with Crippen LogP contribution in [0.25, 0.3) is 22.6 Å². The lowest BCUT2D eigenvalue weighted by molar-refractivity contribution is -0.139. The van der Waals surface area contributed by atoms with E-state index in [1.54, 1.807) is 6.92 Å². The molecule has 0 unspecified atom stereocenters. The number of fused-ring (bicyclic) bond motifs is 1. The molecule has 2 aromatic carbocycles. The van der Waals surface area contributed by atoms with E-state index in [0.29, 0.717) is 29.6 Å². The van der Waals surface area contributed by atoms with Crippen LogP contribution in [0.5, 0.6) is 0 Å². The molecule has 39 heavy (non-hydrogen) atoms. The minimum absolute atomic E-state index is 0.00891. The van der Waals surface area contributed by atoms with Gasteiger partial charge in [0.2, 0.25) is 11.8 Å². The highest BCUT2D eigenvalue weighted by Gasteiger charge is 2.35. The lowest BCUT2D eigenvalue weighted by Gasteiger charge is -2.37. The van der Waals surface area contributed by atoms with Gasteiger partial charge in [-0.25, -0.2) is 9.78 Å². The van der Waals surface area contributed by atoms with Crippen LogP contribution >= 0.6 is 0 Å². The zero-order chi connectivity index (χ0) is 27.5. The maximum atomic E-state index is 13.7. The molecule has 1 aliphatic heterocycles. The molecule has 1 saturated carbocycles. The van der Waals surface area contributed by atoms with Gasteiger partial charge in [0.1, 0.15) is 5.52 Å². The quantitative estimate of drug-likeness (QED) is 0.318. The summed E-state index contributed by atoms with van der Waals surface area (Å²) in [5.41, 5.74) is 4.40. The summed E-state index contributed by atoms with van der Waals surface area (Å²) < 4.78 is 11.3. The van der Waals surface area contributed by atoms with Gasteiger partial charge in [-0.15, -0.1) is 0 Å². The molecule has 1 aromatic heterocycles.